The third-order valence-electron chi connectivity index (χ3n) is 4.36. The topological polar surface area (TPSA) is 55.4 Å². The first kappa shape index (κ1) is 22.8. The highest BCUT2D eigenvalue weighted by atomic mass is 32.2. The van der Waals surface area contributed by atoms with E-state index in [1.165, 1.54) is 6.92 Å². The monoisotopic (exact) mass is 427 g/mol. The van der Waals surface area contributed by atoms with Crippen molar-refractivity contribution in [1.82, 2.24) is 0 Å². The van der Waals surface area contributed by atoms with Crippen molar-refractivity contribution in [3.63, 3.8) is 0 Å². The predicted octanol–water partition coefficient (Wildman–Crippen LogP) is 5.04. The minimum Gasteiger partial charge on any atom is -0.491 e. The van der Waals surface area contributed by atoms with Crippen molar-refractivity contribution >= 4 is 21.1 Å². The molecule has 0 aromatic heterocycles. The lowest BCUT2D eigenvalue weighted by molar-refractivity contribution is 0.299. The minimum absolute atomic E-state index is 0.0525. The highest BCUT2D eigenvalue weighted by Gasteiger charge is 2.31. The van der Waals surface area contributed by atoms with Crippen LogP contribution in [-0.4, -0.2) is 27.3 Å². The molecular formula is C21H24F3NO3S. The maximum Gasteiger partial charge on any atom is 0.184 e. The number of aryl methyl sites for hydroxylation is 2. The molecule has 1 atom stereocenters. The van der Waals surface area contributed by atoms with Crippen LogP contribution in [0.2, 0.25) is 0 Å². The normalized spacial score (nSPS) is 12.6. The van der Waals surface area contributed by atoms with E-state index in [1.54, 1.807) is 6.92 Å². The van der Waals surface area contributed by atoms with Gasteiger partial charge in [0.1, 0.15) is 17.3 Å². The number of para-hydroxylation sites is 1. The summed E-state index contributed by atoms with van der Waals surface area (Å²) >= 11 is 0. The number of allylic oxidation sites excluding steroid dienone is 1. The average molecular weight is 427 g/mol. The fraction of sp³-hybridized carbons (Fsp3) is 0.333. The van der Waals surface area contributed by atoms with Crippen molar-refractivity contribution in [3.05, 3.63) is 58.9 Å². The van der Waals surface area contributed by atoms with Crippen LogP contribution in [0.3, 0.4) is 0 Å². The van der Waals surface area contributed by atoms with Gasteiger partial charge in [-0.3, -0.25) is 0 Å². The van der Waals surface area contributed by atoms with Crippen LogP contribution in [0.4, 0.5) is 18.9 Å². The number of anilines is 1. The highest BCUT2D eigenvalue weighted by molar-refractivity contribution is 7.90. The minimum atomic E-state index is -4.33. The SMILES string of the molecule is C=C(C)c1c(F)c(S(C)(=O)=O)c(F)c(F)c1NC(C)COc1c(C)cccc1C. The highest BCUT2D eigenvalue weighted by Crippen LogP contribution is 2.36. The summed E-state index contributed by atoms with van der Waals surface area (Å²) < 4.78 is 73.2. The van der Waals surface area contributed by atoms with Gasteiger partial charge in [0.25, 0.3) is 0 Å². The van der Waals surface area contributed by atoms with E-state index in [4.69, 9.17) is 4.74 Å². The van der Waals surface area contributed by atoms with E-state index >= 15 is 0 Å². The molecule has 0 heterocycles. The number of hydrogen-bond acceptors (Lipinski definition) is 4. The van der Waals surface area contributed by atoms with Crippen molar-refractivity contribution in [3.8, 4) is 5.75 Å². The van der Waals surface area contributed by atoms with Gasteiger partial charge in [-0.05, 0) is 44.4 Å². The molecule has 0 aliphatic rings. The zero-order valence-electron chi connectivity index (χ0n) is 17.0. The van der Waals surface area contributed by atoms with Gasteiger partial charge in [0, 0.05) is 11.8 Å². The molecule has 0 bridgehead atoms. The molecule has 0 fully saturated rings. The Bertz CT molecular complexity index is 1050. The second kappa shape index (κ2) is 8.49. The molecule has 4 nitrogen and oxygen atoms in total. The van der Waals surface area contributed by atoms with Crippen LogP contribution in [0.25, 0.3) is 5.57 Å². The van der Waals surface area contributed by atoms with Crippen LogP contribution in [0.1, 0.15) is 30.5 Å². The number of sulfone groups is 1. The summed E-state index contributed by atoms with van der Waals surface area (Å²) in [7, 11) is -4.33. The molecule has 8 heteroatoms. The van der Waals surface area contributed by atoms with Crippen molar-refractivity contribution in [2.75, 3.05) is 18.2 Å². The lowest BCUT2D eigenvalue weighted by atomic mass is 10.0. The zero-order chi connectivity index (χ0) is 22.1. The molecule has 0 saturated heterocycles. The molecule has 0 spiro atoms. The van der Waals surface area contributed by atoms with Crippen molar-refractivity contribution in [1.29, 1.82) is 0 Å². The number of nitrogens with one attached hydrogen (secondary N) is 1. The second-order valence-corrected chi connectivity index (χ2v) is 9.10. The lowest BCUT2D eigenvalue weighted by Gasteiger charge is -2.22. The first-order valence-corrected chi connectivity index (χ1v) is 10.8. The third-order valence-corrected chi connectivity index (χ3v) is 5.46. The van der Waals surface area contributed by atoms with Gasteiger partial charge in [-0.25, -0.2) is 21.6 Å². The average Bonchev–Trinajstić information content (AvgIpc) is 2.57. The summed E-state index contributed by atoms with van der Waals surface area (Å²) in [4.78, 5) is -1.31. The van der Waals surface area contributed by atoms with Crippen molar-refractivity contribution < 1.29 is 26.3 Å². The van der Waals surface area contributed by atoms with Crippen LogP contribution in [-0.2, 0) is 9.84 Å². The van der Waals surface area contributed by atoms with E-state index in [-0.39, 0.29) is 12.2 Å². The summed E-state index contributed by atoms with van der Waals surface area (Å²) in [6, 6.07) is 5.11. The van der Waals surface area contributed by atoms with E-state index in [2.05, 4.69) is 11.9 Å². The molecule has 2 rings (SSSR count). The predicted molar refractivity (Wildman–Crippen MR) is 109 cm³/mol. The number of rotatable bonds is 7. The Morgan fingerprint density at radius 2 is 1.69 bits per heavy atom. The first-order chi connectivity index (χ1) is 13.4. The Labute approximate surface area is 169 Å². The molecule has 0 radical (unpaired) electrons. The van der Waals surface area contributed by atoms with Crippen LogP contribution in [0.15, 0.2) is 29.7 Å². The van der Waals surface area contributed by atoms with Gasteiger partial charge in [-0.1, -0.05) is 24.8 Å². The van der Waals surface area contributed by atoms with Gasteiger partial charge in [0.05, 0.1) is 11.7 Å². The van der Waals surface area contributed by atoms with Crippen LogP contribution < -0.4 is 10.1 Å². The summed E-state index contributed by atoms with van der Waals surface area (Å²) in [5.74, 6) is -3.94. The Morgan fingerprint density at radius 1 is 1.14 bits per heavy atom. The standard InChI is InChI=1S/C21H24F3NO3S/c1-11(2)15-16(22)21(29(6,26)27)18(24)17(23)19(15)25-14(5)10-28-20-12(3)8-7-9-13(20)4/h7-9,14,25H,1,10H2,2-6H3. The van der Waals surface area contributed by atoms with Gasteiger partial charge < -0.3 is 10.1 Å². The number of halogens is 3. The van der Waals surface area contributed by atoms with Crippen LogP contribution >= 0.6 is 0 Å². The van der Waals surface area contributed by atoms with Gasteiger partial charge in [0.15, 0.2) is 27.3 Å². The van der Waals surface area contributed by atoms with Crippen molar-refractivity contribution in [2.45, 2.75) is 38.6 Å². The molecule has 0 saturated carbocycles. The lowest BCUT2D eigenvalue weighted by Crippen LogP contribution is -2.26. The quantitative estimate of drug-likeness (QED) is 0.630. The Hall–Kier alpha value is -2.48. The molecule has 1 N–H and O–H groups in total. The molecule has 158 valence electrons. The van der Waals surface area contributed by atoms with E-state index in [1.807, 2.05) is 32.0 Å². The van der Waals surface area contributed by atoms with Gasteiger partial charge in [-0.15, -0.1) is 0 Å². The first-order valence-electron chi connectivity index (χ1n) is 8.88. The fourth-order valence-corrected chi connectivity index (χ4v) is 3.87. The van der Waals surface area contributed by atoms with Gasteiger partial charge in [-0.2, -0.15) is 0 Å². The summed E-state index contributed by atoms with van der Waals surface area (Å²) in [6.45, 7) is 10.4. The second-order valence-electron chi connectivity index (χ2n) is 7.15. The molecule has 29 heavy (non-hydrogen) atoms. The number of hydrogen-bond donors (Lipinski definition) is 1. The molecule has 2 aromatic carbocycles. The van der Waals surface area contributed by atoms with E-state index < -0.39 is 49.5 Å². The van der Waals surface area contributed by atoms with E-state index in [0.29, 0.717) is 12.0 Å². The third kappa shape index (κ3) is 4.75. The molecule has 2 aromatic rings. The molecule has 0 aliphatic carbocycles. The number of ether oxygens (including phenoxy) is 1. The fourth-order valence-electron chi connectivity index (χ4n) is 3.02. The van der Waals surface area contributed by atoms with Crippen LogP contribution in [0, 0.1) is 31.3 Å². The smallest absolute Gasteiger partial charge is 0.184 e. The molecule has 1 unspecified atom stereocenters. The summed E-state index contributed by atoms with van der Waals surface area (Å²) in [5.41, 5.74) is 0.985. The summed E-state index contributed by atoms with van der Waals surface area (Å²) in [5, 5.41) is 2.69. The Morgan fingerprint density at radius 3 is 2.17 bits per heavy atom. The molecular weight excluding hydrogens is 403 g/mol. The van der Waals surface area contributed by atoms with Crippen LogP contribution in [0.5, 0.6) is 5.75 Å². The molecule has 0 amide bonds. The van der Waals surface area contributed by atoms with Crippen molar-refractivity contribution in [2.24, 2.45) is 0 Å². The van der Waals surface area contributed by atoms with E-state index in [0.717, 1.165) is 11.1 Å². The maximum absolute atomic E-state index is 14.8. The van der Waals surface area contributed by atoms with Gasteiger partial charge >= 0.3 is 0 Å². The Balaban J connectivity index is 2.41. The Kier molecular flexibility index (Phi) is 6.67. The maximum atomic E-state index is 14.8. The zero-order valence-corrected chi connectivity index (χ0v) is 17.8. The number of benzene rings is 2. The summed E-state index contributed by atoms with van der Waals surface area (Å²) in [6.07, 6.45) is 0.615. The molecule has 0 aliphatic heterocycles. The van der Waals surface area contributed by atoms with Gasteiger partial charge in [0.2, 0.25) is 0 Å². The van der Waals surface area contributed by atoms with E-state index in [9.17, 15) is 21.6 Å². The largest absolute Gasteiger partial charge is 0.491 e.